The summed E-state index contributed by atoms with van der Waals surface area (Å²) < 4.78 is 18.1. The van der Waals surface area contributed by atoms with Gasteiger partial charge in [0.05, 0.1) is 36.0 Å². The first-order chi connectivity index (χ1) is 27.1. The van der Waals surface area contributed by atoms with E-state index < -0.39 is 18.0 Å². The van der Waals surface area contributed by atoms with Crippen LogP contribution in [0.2, 0.25) is 0 Å². The fourth-order valence-corrected chi connectivity index (χ4v) is 6.78. The first-order valence-electron chi connectivity index (χ1n) is 18.0. The summed E-state index contributed by atoms with van der Waals surface area (Å²) in [6.45, 7) is 1.28. The Kier molecular flexibility index (Phi) is 9.48. The number of likely N-dealkylation sites (N-methyl/N-ethyl adjacent to an activating group) is 1. The highest BCUT2D eigenvalue weighted by Crippen LogP contribution is 2.41. The van der Waals surface area contributed by atoms with Crippen LogP contribution in [-0.2, 0) is 24.9 Å². The van der Waals surface area contributed by atoms with E-state index in [0.29, 0.717) is 56.8 Å². The third kappa shape index (κ3) is 7.05. The molecule has 0 aliphatic heterocycles. The smallest absolute Gasteiger partial charge is 0.274 e. The molecule has 1 aliphatic carbocycles. The third-order valence-corrected chi connectivity index (χ3v) is 10.0. The van der Waals surface area contributed by atoms with E-state index in [1.165, 1.54) is 26.3 Å². The van der Waals surface area contributed by atoms with E-state index >= 15 is 4.39 Å². The van der Waals surface area contributed by atoms with E-state index in [0.717, 1.165) is 29.5 Å². The van der Waals surface area contributed by atoms with Gasteiger partial charge in [-0.05, 0) is 84.2 Å². The highest BCUT2D eigenvalue weighted by molar-refractivity contribution is 5.94. The van der Waals surface area contributed by atoms with Crippen LogP contribution < -0.4 is 21.3 Å². The molecule has 4 heterocycles. The number of rotatable bonds is 10. The lowest BCUT2D eigenvalue weighted by molar-refractivity contribution is -0.117. The molecule has 280 valence electrons. The number of carbonyl (C=O) groups is 1. The predicted octanol–water partition coefficient (Wildman–Crippen LogP) is 5.76. The molecular formula is C42H36FN9O4. The van der Waals surface area contributed by atoms with Crippen molar-refractivity contribution >= 4 is 33.9 Å². The molecule has 7 aromatic rings. The Bertz CT molecular complexity index is 2750. The minimum atomic E-state index is -0.563. The van der Waals surface area contributed by atoms with Crippen LogP contribution in [0.25, 0.3) is 39.0 Å². The van der Waals surface area contributed by atoms with Gasteiger partial charge in [0.2, 0.25) is 11.7 Å². The topological polar surface area (TPSA) is 161 Å². The molecule has 1 fully saturated rings. The summed E-state index contributed by atoms with van der Waals surface area (Å²) in [4.78, 5) is 46.2. The molecule has 1 aliphatic rings. The average Bonchev–Trinajstić information content (AvgIpc) is 4.06. The van der Waals surface area contributed by atoms with Gasteiger partial charge < -0.3 is 19.9 Å². The number of aliphatic hydroxyl groups excluding tert-OH is 1. The number of aliphatic hydroxyl groups is 1. The standard InChI is InChI=1S/C42H36FN9O4/c1-24-46-48-40(49-47-24)27-9-7-25(8-10-27)17-38(54)51(3)31-13-14-37(44-21-31)45-35-20-30(22-50(2)41(35)55)32-5-4-6-36(33(32)23-53)52-16-15-28-18-29(26-11-12-26)19-34(43)39(28)42(52)56/h4-10,13-16,18-22,26,53H,11-12,17,23H2,1-3H3,(H,44,45). The van der Waals surface area contributed by atoms with Crippen LogP contribution in [0, 0.1) is 12.7 Å². The Hall–Kier alpha value is -6.93. The summed E-state index contributed by atoms with van der Waals surface area (Å²) in [6.07, 6.45) is 6.96. The van der Waals surface area contributed by atoms with Crippen molar-refractivity contribution in [3.8, 4) is 28.2 Å². The fourth-order valence-electron chi connectivity index (χ4n) is 6.78. The monoisotopic (exact) mass is 749 g/mol. The van der Waals surface area contributed by atoms with Gasteiger partial charge in [0, 0.05) is 43.2 Å². The molecule has 8 rings (SSSR count). The minimum absolute atomic E-state index is 0.00935. The molecule has 1 saturated carbocycles. The van der Waals surface area contributed by atoms with E-state index in [1.54, 1.807) is 75.9 Å². The van der Waals surface area contributed by atoms with Gasteiger partial charge in [-0.3, -0.25) is 19.0 Å². The Morgan fingerprint density at radius 2 is 1.71 bits per heavy atom. The molecule has 0 radical (unpaired) electrons. The molecule has 0 saturated heterocycles. The van der Waals surface area contributed by atoms with E-state index in [2.05, 4.69) is 30.7 Å². The number of hydrogen-bond acceptors (Lipinski definition) is 10. The summed E-state index contributed by atoms with van der Waals surface area (Å²) in [5.74, 6) is 0.861. The van der Waals surface area contributed by atoms with E-state index in [-0.39, 0.29) is 29.0 Å². The molecular weight excluding hydrogens is 714 g/mol. The second-order valence-corrected chi connectivity index (χ2v) is 13.9. The van der Waals surface area contributed by atoms with Crippen molar-refractivity contribution in [2.24, 2.45) is 7.05 Å². The summed E-state index contributed by atoms with van der Waals surface area (Å²) in [7, 11) is 3.28. The predicted molar refractivity (Wildman–Crippen MR) is 211 cm³/mol. The van der Waals surface area contributed by atoms with Gasteiger partial charge in [0.1, 0.15) is 17.3 Å². The number of halogens is 1. The number of anilines is 3. The van der Waals surface area contributed by atoms with Gasteiger partial charge in [-0.15, -0.1) is 20.4 Å². The van der Waals surface area contributed by atoms with Gasteiger partial charge in [-0.2, -0.15) is 0 Å². The summed E-state index contributed by atoms with van der Waals surface area (Å²) >= 11 is 0. The van der Waals surface area contributed by atoms with Gasteiger partial charge in [-0.1, -0.05) is 42.5 Å². The van der Waals surface area contributed by atoms with Crippen LogP contribution in [0.5, 0.6) is 0 Å². The summed E-state index contributed by atoms with van der Waals surface area (Å²) in [5, 5.41) is 30.2. The van der Waals surface area contributed by atoms with Gasteiger partial charge in [-0.25, -0.2) is 9.37 Å². The number of nitrogens with one attached hydrogen (secondary N) is 1. The second-order valence-electron chi connectivity index (χ2n) is 13.9. The lowest BCUT2D eigenvalue weighted by atomic mass is 9.98. The molecule has 0 spiro atoms. The van der Waals surface area contributed by atoms with Crippen molar-refractivity contribution in [1.82, 2.24) is 34.5 Å². The SMILES string of the molecule is Cc1nnc(-c2ccc(CC(=O)N(C)c3ccc(Nc4cc(-c5cccc(-n6ccc7cc(C8CC8)cc(F)c7c6=O)c5CO)cn(C)c4=O)nc3)cc2)nn1. The molecule has 56 heavy (non-hydrogen) atoms. The first-order valence-corrected chi connectivity index (χ1v) is 18.0. The normalized spacial score (nSPS) is 12.5. The number of benzene rings is 3. The van der Waals surface area contributed by atoms with Gasteiger partial charge in [0.15, 0.2) is 5.82 Å². The maximum Gasteiger partial charge on any atom is 0.274 e. The van der Waals surface area contributed by atoms with E-state index in [9.17, 15) is 19.5 Å². The van der Waals surface area contributed by atoms with Crippen molar-refractivity contribution in [3.05, 3.63) is 146 Å². The van der Waals surface area contributed by atoms with Crippen LogP contribution >= 0.6 is 0 Å². The lowest BCUT2D eigenvalue weighted by Gasteiger charge is -2.18. The Balaban J connectivity index is 1.01. The lowest BCUT2D eigenvalue weighted by Crippen LogP contribution is -2.28. The van der Waals surface area contributed by atoms with Crippen molar-refractivity contribution < 1.29 is 14.3 Å². The number of carbonyl (C=O) groups excluding carboxylic acids is 1. The third-order valence-electron chi connectivity index (χ3n) is 10.0. The summed E-state index contributed by atoms with van der Waals surface area (Å²) in [6, 6.07) is 22.6. The van der Waals surface area contributed by atoms with Crippen molar-refractivity contribution in [3.63, 3.8) is 0 Å². The van der Waals surface area contributed by atoms with Crippen LogP contribution in [0.4, 0.5) is 21.6 Å². The molecule has 3 aromatic carbocycles. The zero-order valence-electron chi connectivity index (χ0n) is 30.8. The molecule has 1 amide bonds. The van der Waals surface area contributed by atoms with Crippen molar-refractivity contribution in [2.75, 3.05) is 17.3 Å². The Morgan fingerprint density at radius 1 is 0.946 bits per heavy atom. The van der Waals surface area contributed by atoms with E-state index in [4.69, 9.17) is 0 Å². The number of nitrogens with zero attached hydrogens (tertiary/aromatic N) is 8. The van der Waals surface area contributed by atoms with Crippen LogP contribution in [0.1, 0.15) is 41.3 Å². The van der Waals surface area contributed by atoms with Crippen LogP contribution in [-0.4, -0.2) is 52.6 Å². The maximum atomic E-state index is 15.3. The Labute approximate surface area is 319 Å². The number of fused-ring (bicyclic) bond motifs is 1. The zero-order chi connectivity index (χ0) is 39.1. The highest BCUT2D eigenvalue weighted by atomic mass is 19.1. The number of pyridine rings is 3. The molecule has 14 heteroatoms. The van der Waals surface area contributed by atoms with Crippen LogP contribution in [0.15, 0.2) is 107 Å². The molecule has 0 bridgehead atoms. The maximum absolute atomic E-state index is 15.3. The van der Waals surface area contributed by atoms with Crippen molar-refractivity contribution in [1.29, 1.82) is 0 Å². The largest absolute Gasteiger partial charge is 0.392 e. The van der Waals surface area contributed by atoms with E-state index in [1.807, 2.05) is 30.3 Å². The first kappa shape index (κ1) is 36.1. The molecule has 13 nitrogen and oxygen atoms in total. The molecule has 2 N–H and O–H groups in total. The molecule has 0 atom stereocenters. The van der Waals surface area contributed by atoms with Gasteiger partial charge >= 0.3 is 0 Å². The zero-order valence-corrected chi connectivity index (χ0v) is 30.8. The number of hydrogen-bond donors (Lipinski definition) is 2. The number of aryl methyl sites for hydroxylation is 2. The Morgan fingerprint density at radius 3 is 2.41 bits per heavy atom. The van der Waals surface area contributed by atoms with Crippen molar-refractivity contribution in [2.45, 2.75) is 38.7 Å². The second kappa shape index (κ2) is 14.7. The number of amides is 1. The minimum Gasteiger partial charge on any atom is -0.392 e. The highest BCUT2D eigenvalue weighted by Gasteiger charge is 2.25. The fraction of sp³-hybridized carbons (Fsp3) is 0.190. The van der Waals surface area contributed by atoms with Gasteiger partial charge in [0.25, 0.3) is 11.1 Å². The molecule has 4 aromatic heterocycles. The average molecular weight is 750 g/mol. The summed E-state index contributed by atoms with van der Waals surface area (Å²) in [5.41, 5.74) is 4.34. The van der Waals surface area contributed by atoms with Crippen LogP contribution in [0.3, 0.4) is 0 Å². The molecule has 0 unspecified atom stereocenters. The quantitative estimate of drug-likeness (QED) is 0.176. The number of aromatic nitrogens is 7.